The topological polar surface area (TPSA) is 62.2 Å². The molecular formula is C29H29NO4. The highest BCUT2D eigenvalue weighted by Gasteiger charge is 2.18. The molecule has 0 radical (unpaired) electrons. The standard InChI is InChI=1S/C29H29NO4/c1-20(30-16-3-2-4-17-30)33-25-10-12-26(13-11-25)34-29-27(21-6-5-7-23(31)18-21)14-8-22-19-24(32)9-15-28(22)29/h5-15,18-20,31-32H,2-4,16-17H2,1H3. The zero-order valence-electron chi connectivity index (χ0n) is 19.3. The summed E-state index contributed by atoms with van der Waals surface area (Å²) in [5.41, 5.74) is 1.70. The van der Waals surface area contributed by atoms with Crippen molar-refractivity contribution >= 4 is 10.8 Å². The number of phenols is 2. The molecule has 1 aliphatic heterocycles. The molecule has 4 aromatic rings. The van der Waals surface area contributed by atoms with Crippen LogP contribution >= 0.6 is 0 Å². The summed E-state index contributed by atoms with van der Waals surface area (Å²) in [6, 6.07) is 23.9. The van der Waals surface area contributed by atoms with Gasteiger partial charge in [0.1, 0.15) is 35.0 Å². The lowest BCUT2D eigenvalue weighted by atomic mass is 9.99. The second kappa shape index (κ2) is 9.65. The first-order chi connectivity index (χ1) is 16.6. The maximum absolute atomic E-state index is 10.0. The van der Waals surface area contributed by atoms with Crippen molar-refractivity contribution in [2.45, 2.75) is 32.4 Å². The van der Waals surface area contributed by atoms with Gasteiger partial charge in [-0.3, -0.25) is 4.90 Å². The molecule has 1 heterocycles. The molecule has 1 unspecified atom stereocenters. The summed E-state index contributed by atoms with van der Waals surface area (Å²) >= 11 is 0. The van der Waals surface area contributed by atoms with E-state index in [1.54, 1.807) is 24.3 Å². The Bertz CT molecular complexity index is 1280. The molecule has 174 valence electrons. The number of aromatic hydroxyl groups is 2. The largest absolute Gasteiger partial charge is 0.508 e. The summed E-state index contributed by atoms with van der Waals surface area (Å²) in [6.45, 7) is 4.26. The predicted molar refractivity (Wildman–Crippen MR) is 135 cm³/mol. The number of likely N-dealkylation sites (tertiary alicyclic amines) is 1. The van der Waals surface area contributed by atoms with E-state index in [0.717, 1.165) is 40.7 Å². The fourth-order valence-corrected chi connectivity index (χ4v) is 4.56. The smallest absolute Gasteiger partial charge is 0.149 e. The molecule has 5 rings (SSSR count). The molecule has 0 amide bonds. The average Bonchev–Trinajstić information content (AvgIpc) is 2.85. The van der Waals surface area contributed by atoms with Crippen LogP contribution in [0.15, 0.2) is 78.9 Å². The summed E-state index contributed by atoms with van der Waals surface area (Å²) in [4.78, 5) is 2.38. The summed E-state index contributed by atoms with van der Waals surface area (Å²) in [5, 5.41) is 21.7. The van der Waals surface area contributed by atoms with E-state index in [1.165, 1.54) is 19.3 Å². The minimum Gasteiger partial charge on any atom is -0.508 e. The van der Waals surface area contributed by atoms with E-state index in [1.807, 2.05) is 54.6 Å². The summed E-state index contributed by atoms with van der Waals surface area (Å²) < 4.78 is 12.6. The first kappa shape index (κ1) is 22.1. The number of hydrogen-bond donors (Lipinski definition) is 2. The third-order valence-electron chi connectivity index (χ3n) is 6.37. The molecule has 1 fully saturated rings. The molecular weight excluding hydrogens is 426 g/mol. The number of phenolic OH excluding ortho intramolecular Hbond substituents is 2. The molecule has 5 nitrogen and oxygen atoms in total. The van der Waals surface area contributed by atoms with Crippen LogP contribution in [0.3, 0.4) is 0 Å². The van der Waals surface area contributed by atoms with Gasteiger partial charge >= 0.3 is 0 Å². The van der Waals surface area contributed by atoms with Gasteiger partial charge in [0.15, 0.2) is 0 Å². The van der Waals surface area contributed by atoms with Crippen LogP contribution in [0.1, 0.15) is 26.2 Å². The predicted octanol–water partition coefficient (Wildman–Crippen LogP) is 6.92. The number of nitrogens with zero attached hydrogens (tertiary/aromatic N) is 1. The van der Waals surface area contributed by atoms with Crippen LogP contribution in [0, 0.1) is 0 Å². The van der Waals surface area contributed by atoms with E-state index >= 15 is 0 Å². The van der Waals surface area contributed by atoms with Crippen molar-refractivity contribution in [3.63, 3.8) is 0 Å². The third kappa shape index (κ3) is 4.80. The van der Waals surface area contributed by atoms with Gasteiger partial charge in [0.25, 0.3) is 0 Å². The van der Waals surface area contributed by atoms with Crippen molar-refractivity contribution in [2.24, 2.45) is 0 Å². The Morgan fingerprint density at radius 2 is 1.50 bits per heavy atom. The Hall–Kier alpha value is -3.70. The minimum absolute atomic E-state index is 0.0372. The van der Waals surface area contributed by atoms with Crippen molar-refractivity contribution in [2.75, 3.05) is 13.1 Å². The van der Waals surface area contributed by atoms with E-state index in [0.29, 0.717) is 11.5 Å². The number of benzene rings is 4. The van der Waals surface area contributed by atoms with E-state index in [9.17, 15) is 10.2 Å². The quantitative estimate of drug-likeness (QED) is 0.330. The van der Waals surface area contributed by atoms with Crippen LogP contribution in [0.4, 0.5) is 0 Å². The molecule has 4 aromatic carbocycles. The van der Waals surface area contributed by atoms with Crippen LogP contribution in [0.25, 0.3) is 21.9 Å². The fraction of sp³-hybridized carbons (Fsp3) is 0.241. The first-order valence-corrected chi connectivity index (χ1v) is 11.8. The van der Waals surface area contributed by atoms with Crippen molar-refractivity contribution in [1.82, 2.24) is 4.90 Å². The molecule has 0 aromatic heterocycles. The molecule has 0 spiro atoms. The fourth-order valence-electron chi connectivity index (χ4n) is 4.56. The van der Waals surface area contributed by atoms with Crippen LogP contribution in [-0.4, -0.2) is 34.4 Å². The monoisotopic (exact) mass is 455 g/mol. The Morgan fingerprint density at radius 1 is 0.765 bits per heavy atom. The molecule has 0 saturated carbocycles. The van der Waals surface area contributed by atoms with Gasteiger partial charge in [-0.1, -0.05) is 24.6 Å². The average molecular weight is 456 g/mol. The van der Waals surface area contributed by atoms with Gasteiger partial charge in [0.2, 0.25) is 0 Å². The Balaban J connectivity index is 1.44. The maximum Gasteiger partial charge on any atom is 0.149 e. The van der Waals surface area contributed by atoms with Gasteiger partial charge in [0, 0.05) is 24.0 Å². The second-order valence-corrected chi connectivity index (χ2v) is 8.79. The summed E-state index contributed by atoms with van der Waals surface area (Å²) in [7, 11) is 0. The zero-order valence-corrected chi connectivity index (χ0v) is 19.3. The lowest BCUT2D eigenvalue weighted by Gasteiger charge is -2.32. The highest BCUT2D eigenvalue weighted by molar-refractivity contribution is 5.96. The Morgan fingerprint density at radius 3 is 2.26 bits per heavy atom. The van der Waals surface area contributed by atoms with E-state index in [2.05, 4.69) is 11.8 Å². The van der Waals surface area contributed by atoms with Crippen molar-refractivity contribution in [3.05, 3.63) is 78.9 Å². The van der Waals surface area contributed by atoms with Gasteiger partial charge in [-0.05, 0) is 91.4 Å². The molecule has 34 heavy (non-hydrogen) atoms. The number of rotatable bonds is 6. The molecule has 0 bridgehead atoms. The number of piperidine rings is 1. The van der Waals surface area contributed by atoms with E-state index in [-0.39, 0.29) is 17.7 Å². The van der Waals surface area contributed by atoms with Gasteiger partial charge in [-0.25, -0.2) is 0 Å². The second-order valence-electron chi connectivity index (χ2n) is 8.79. The number of ether oxygens (including phenoxy) is 2. The molecule has 5 heteroatoms. The Kier molecular flexibility index (Phi) is 6.28. The van der Waals surface area contributed by atoms with Crippen LogP contribution in [0.5, 0.6) is 28.7 Å². The van der Waals surface area contributed by atoms with Crippen molar-refractivity contribution in [1.29, 1.82) is 0 Å². The first-order valence-electron chi connectivity index (χ1n) is 11.8. The lowest BCUT2D eigenvalue weighted by molar-refractivity contribution is 0.0262. The maximum atomic E-state index is 10.0. The van der Waals surface area contributed by atoms with Crippen LogP contribution < -0.4 is 9.47 Å². The van der Waals surface area contributed by atoms with Gasteiger partial charge in [-0.2, -0.15) is 0 Å². The van der Waals surface area contributed by atoms with E-state index in [4.69, 9.17) is 9.47 Å². The molecule has 0 aliphatic carbocycles. The summed E-state index contributed by atoms with van der Waals surface area (Å²) in [5.74, 6) is 2.55. The minimum atomic E-state index is 0.0372. The van der Waals surface area contributed by atoms with Gasteiger partial charge < -0.3 is 19.7 Å². The van der Waals surface area contributed by atoms with Crippen molar-refractivity contribution < 1.29 is 19.7 Å². The number of fused-ring (bicyclic) bond motifs is 1. The van der Waals surface area contributed by atoms with Gasteiger partial charge in [-0.15, -0.1) is 0 Å². The lowest BCUT2D eigenvalue weighted by Crippen LogP contribution is -2.40. The highest BCUT2D eigenvalue weighted by Crippen LogP contribution is 2.41. The van der Waals surface area contributed by atoms with Crippen LogP contribution in [0.2, 0.25) is 0 Å². The van der Waals surface area contributed by atoms with E-state index < -0.39 is 0 Å². The summed E-state index contributed by atoms with van der Waals surface area (Å²) in [6.07, 6.45) is 3.79. The molecule has 1 saturated heterocycles. The normalized spacial score (nSPS) is 15.2. The highest BCUT2D eigenvalue weighted by atomic mass is 16.5. The number of hydrogen-bond acceptors (Lipinski definition) is 5. The third-order valence-corrected chi connectivity index (χ3v) is 6.37. The van der Waals surface area contributed by atoms with Crippen molar-refractivity contribution in [3.8, 4) is 39.9 Å². The molecule has 1 atom stereocenters. The zero-order chi connectivity index (χ0) is 23.5. The van der Waals surface area contributed by atoms with Gasteiger partial charge in [0.05, 0.1) is 0 Å². The molecule has 2 N–H and O–H groups in total. The SMILES string of the molecule is CC(Oc1ccc(Oc2c(-c3cccc(O)c3)ccc3cc(O)ccc23)cc1)N1CCCCC1. The Labute approximate surface area is 199 Å². The van der Waals surface area contributed by atoms with Crippen LogP contribution in [-0.2, 0) is 0 Å². The molecule has 1 aliphatic rings.